The maximum atomic E-state index is 12.2. The van der Waals surface area contributed by atoms with Gasteiger partial charge in [0.1, 0.15) is 12.4 Å². The van der Waals surface area contributed by atoms with Gasteiger partial charge >= 0.3 is 5.97 Å². The molecule has 0 saturated heterocycles. The minimum Gasteiger partial charge on any atom is -0.468 e. The monoisotopic (exact) mass is 355 g/mol. The number of carbonyl (C=O) groups is 1. The highest BCUT2D eigenvalue weighted by molar-refractivity contribution is 7.89. The fraction of sp³-hybridized carbons (Fsp3) is 0.133. The predicted molar refractivity (Wildman–Crippen MR) is 84.5 cm³/mol. The van der Waals surface area contributed by atoms with Gasteiger partial charge in [0, 0.05) is 5.03 Å². The van der Waals surface area contributed by atoms with E-state index >= 15 is 0 Å². The number of hydrogen-bond donors (Lipinski definition) is 1. The van der Waals surface area contributed by atoms with Crippen LogP contribution in [0.3, 0.4) is 0 Å². The molecule has 0 atom stereocenters. The molecule has 0 saturated carbocycles. The normalized spacial score (nSPS) is 11.2. The minimum absolute atomic E-state index is 0.01000. The Balaban J connectivity index is 2.11. The smallest absolute Gasteiger partial charge is 0.338 e. The van der Waals surface area contributed by atoms with Gasteiger partial charge in [-0.05, 0) is 30.3 Å². The second-order valence-electron chi connectivity index (χ2n) is 4.53. The van der Waals surface area contributed by atoms with Crippen molar-refractivity contribution in [2.45, 2.75) is 11.4 Å². The van der Waals surface area contributed by atoms with Gasteiger partial charge in [-0.3, -0.25) is 0 Å². The SMILES string of the molecule is C=C(Cl)COC(=O)c1cccc(S(=O)(=O)NCc2ccco2)c1. The van der Waals surface area contributed by atoms with Crippen molar-refractivity contribution in [3.05, 3.63) is 65.6 Å². The van der Waals surface area contributed by atoms with Crippen molar-refractivity contribution in [2.24, 2.45) is 0 Å². The number of rotatable bonds is 7. The standard InChI is InChI=1S/C15H14ClNO5S/c1-11(16)10-22-15(18)12-4-2-6-14(8-12)23(19,20)17-9-13-5-3-7-21-13/h2-8,17H,1,9-10H2. The highest BCUT2D eigenvalue weighted by Crippen LogP contribution is 2.14. The van der Waals surface area contributed by atoms with Gasteiger partial charge in [-0.2, -0.15) is 0 Å². The van der Waals surface area contributed by atoms with E-state index in [4.69, 9.17) is 20.8 Å². The van der Waals surface area contributed by atoms with Crippen LogP contribution in [0.5, 0.6) is 0 Å². The summed E-state index contributed by atoms with van der Waals surface area (Å²) in [6, 6.07) is 8.81. The number of esters is 1. The van der Waals surface area contributed by atoms with Gasteiger partial charge < -0.3 is 9.15 Å². The number of nitrogens with one attached hydrogen (secondary N) is 1. The quantitative estimate of drug-likeness (QED) is 0.772. The molecule has 0 amide bonds. The Morgan fingerprint density at radius 3 is 2.74 bits per heavy atom. The molecule has 122 valence electrons. The number of furan rings is 1. The van der Waals surface area contributed by atoms with E-state index in [1.54, 1.807) is 12.1 Å². The van der Waals surface area contributed by atoms with Crippen molar-refractivity contribution < 1.29 is 22.4 Å². The van der Waals surface area contributed by atoms with Gasteiger partial charge in [-0.25, -0.2) is 17.9 Å². The topological polar surface area (TPSA) is 85.6 Å². The molecule has 0 bridgehead atoms. The lowest BCUT2D eigenvalue weighted by Crippen LogP contribution is -2.23. The van der Waals surface area contributed by atoms with Gasteiger partial charge in [-0.1, -0.05) is 24.2 Å². The average Bonchev–Trinajstić information content (AvgIpc) is 3.04. The predicted octanol–water partition coefficient (Wildman–Crippen LogP) is 2.67. The van der Waals surface area contributed by atoms with E-state index in [1.807, 2.05) is 0 Å². The van der Waals surface area contributed by atoms with Crippen LogP contribution in [-0.4, -0.2) is 21.0 Å². The minimum atomic E-state index is -3.79. The number of ether oxygens (including phenoxy) is 1. The average molecular weight is 356 g/mol. The summed E-state index contributed by atoms with van der Waals surface area (Å²) in [6.07, 6.45) is 1.45. The molecule has 0 radical (unpaired) electrons. The van der Waals surface area contributed by atoms with E-state index in [-0.39, 0.29) is 28.6 Å². The van der Waals surface area contributed by atoms with Crippen molar-refractivity contribution >= 4 is 27.6 Å². The molecule has 1 aromatic carbocycles. The molecule has 0 fully saturated rings. The first-order valence-electron chi connectivity index (χ1n) is 6.51. The number of benzene rings is 1. The first kappa shape index (κ1) is 17.3. The zero-order chi connectivity index (χ0) is 16.9. The first-order valence-corrected chi connectivity index (χ1v) is 8.37. The summed E-state index contributed by atoms with van der Waals surface area (Å²) in [6.45, 7) is 3.26. The van der Waals surface area contributed by atoms with Crippen LogP contribution in [0, 0.1) is 0 Å². The first-order chi connectivity index (χ1) is 10.9. The van der Waals surface area contributed by atoms with Crippen molar-refractivity contribution in [3.63, 3.8) is 0 Å². The van der Waals surface area contributed by atoms with Crippen LogP contribution in [0.2, 0.25) is 0 Å². The third-order valence-electron chi connectivity index (χ3n) is 2.76. The zero-order valence-electron chi connectivity index (χ0n) is 12.0. The van der Waals surface area contributed by atoms with Crippen LogP contribution >= 0.6 is 11.6 Å². The number of halogens is 1. The number of hydrogen-bond acceptors (Lipinski definition) is 5. The van der Waals surface area contributed by atoms with Gasteiger partial charge in [0.15, 0.2) is 0 Å². The Morgan fingerprint density at radius 2 is 2.09 bits per heavy atom. The van der Waals surface area contributed by atoms with Crippen LogP contribution in [0.1, 0.15) is 16.1 Å². The molecule has 23 heavy (non-hydrogen) atoms. The lowest BCUT2D eigenvalue weighted by atomic mass is 10.2. The molecular formula is C15H14ClNO5S. The lowest BCUT2D eigenvalue weighted by Gasteiger charge is -2.08. The Bertz CT molecular complexity index is 799. The van der Waals surface area contributed by atoms with Crippen LogP contribution in [0.25, 0.3) is 0 Å². The molecular weight excluding hydrogens is 342 g/mol. The maximum Gasteiger partial charge on any atom is 0.338 e. The van der Waals surface area contributed by atoms with Gasteiger partial charge in [0.05, 0.1) is 23.3 Å². The molecule has 8 heteroatoms. The molecule has 0 aliphatic heterocycles. The van der Waals surface area contributed by atoms with Crippen molar-refractivity contribution in [1.82, 2.24) is 4.72 Å². The van der Waals surface area contributed by atoms with Crippen molar-refractivity contribution in [3.8, 4) is 0 Å². The summed E-state index contributed by atoms with van der Waals surface area (Å²) in [4.78, 5) is 11.8. The molecule has 0 aliphatic carbocycles. The molecule has 1 N–H and O–H groups in total. The van der Waals surface area contributed by atoms with E-state index in [0.717, 1.165) is 0 Å². The van der Waals surface area contributed by atoms with Crippen LogP contribution < -0.4 is 4.72 Å². The third kappa shape index (κ3) is 4.95. The van der Waals surface area contributed by atoms with Gasteiger partial charge in [0.2, 0.25) is 10.0 Å². The van der Waals surface area contributed by atoms with Crippen molar-refractivity contribution in [1.29, 1.82) is 0 Å². The zero-order valence-corrected chi connectivity index (χ0v) is 13.6. The summed E-state index contributed by atoms with van der Waals surface area (Å²) in [5.74, 6) is -0.209. The number of carbonyl (C=O) groups excluding carboxylic acids is 1. The highest BCUT2D eigenvalue weighted by atomic mass is 35.5. The molecule has 0 aliphatic rings. The molecule has 2 aromatic rings. The Kier molecular flexibility index (Phi) is 5.59. The largest absolute Gasteiger partial charge is 0.468 e. The number of sulfonamides is 1. The summed E-state index contributed by atoms with van der Waals surface area (Å²) in [7, 11) is -3.79. The van der Waals surface area contributed by atoms with E-state index in [2.05, 4.69) is 11.3 Å². The fourth-order valence-corrected chi connectivity index (χ4v) is 2.77. The Hall–Kier alpha value is -2.09. The molecule has 1 heterocycles. The highest BCUT2D eigenvalue weighted by Gasteiger charge is 2.17. The summed E-state index contributed by atoms with van der Waals surface area (Å²) >= 11 is 5.52. The fourth-order valence-electron chi connectivity index (χ4n) is 1.68. The second kappa shape index (κ2) is 7.45. The third-order valence-corrected chi connectivity index (χ3v) is 4.26. The van der Waals surface area contributed by atoms with E-state index < -0.39 is 16.0 Å². The summed E-state index contributed by atoms with van der Waals surface area (Å²) < 4.78 is 36.8. The molecule has 6 nitrogen and oxygen atoms in total. The molecule has 2 rings (SSSR count). The summed E-state index contributed by atoms with van der Waals surface area (Å²) in [5.41, 5.74) is 0.101. The van der Waals surface area contributed by atoms with E-state index in [1.165, 1.54) is 30.5 Å². The van der Waals surface area contributed by atoms with Crippen molar-refractivity contribution in [2.75, 3.05) is 6.61 Å². The van der Waals surface area contributed by atoms with E-state index in [9.17, 15) is 13.2 Å². The maximum absolute atomic E-state index is 12.2. The molecule has 0 spiro atoms. The second-order valence-corrected chi connectivity index (χ2v) is 6.83. The Labute approximate surface area is 138 Å². The van der Waals surface area contributed by atoms with Crippen LogP contribution in [-0.2, 0) is 21.3 Å². The molecule has 1 aromatic heterocycles. The Morgan fingerprint density at radius 1 is 1.30 bits per heavy atom. The van der Waals surface area contributed by atoms with Gasteiger partial charge in [0.25, 0.3) is 0 Å². The lowest BCUT2D eigenvalue weighted by molar-refractivity contribution is 0.0546. The van der Waals surface area contributed by atoms with Gasteiger partial charge in [-0.15, -0.1) is 0 Å². The van der Waals surface area contributed by atoms with Crippen LogP contribution in [0.4, 0.5) is 0 Å². The summed E-state index contributed by atoms with van der Waals surface area (Å²) in [5, 5.41) is 0.169. The van der Waals surface area contributed by atoms with E-state index in [0.29, 0.717) is 5.76 Å². The van der Waals surface area contributed by atoms with Crippen LogP contribution in [0.15, 0.2) is 63.6 Å². The molecule has 0 unspecified atom stereocenters.